The molecule has 4 nitrogen and oxygen atoms in total. The van der Waals surface area contributed by atoms with Gasteiger partial charge in [-0.25, -0.2) is 0 Å². The van der Waals surface area contributed by atoms with Crippen LogP contribution in [-0.4, -0.2) is 16.8 Å². The second kappa shape index (κ2) is 4.91. The molecule has 0 aromatic heterocycles. The van der Waals surface area contributed by atoms with Crippen molar-refractivity contribution in [2.45, 2.75) is 18.4 Å². The Hall–Kier alpha value is -2.17. The van der Waals surface area contributed by atoms with Crippen molar-refractivity contribution in [3.8, 4) is 0 Å². The van der Waals surface area contributed by atoms with E-state index < -0.39 is 17.4 Å². The Bertz CT molecular complexity index is 848. The second-order valence-electron chi connectivity index (χ2n) is 6.02. The van der Waals surface area contributed by atoms with Crippen LogP contribution < -0.4 is 5.32 Å². The number of aryl methyl sites for hydroxylation is 1. The van der Waals surface area contributed by atoms with Gasteiger partial charge in [-0.2, -0.15) is 0 Å². The summed E-state index contributed by atoms with van der Waals surface area (Å²) in [5.41, 5.74) is 0.564. The number of hydrogen-bond acceptors (Lipinski definition) is 3. The topological polar surface area (TPSA) is 66.4 Å². The van der Waals surface area contributed by atoms with Crippen LogP contribution >= 0.6 is 11.6 Å². The van der Waals surface area contributed by atoms with Crippen molar-refractivity contribution in [2.24, 2.45) is 5.92 Å². The number of fused-ring (bicyclic) bond motifs is 2. The van der Waals surface area contributed by atoms with Gasteiger partial charge in [-0.1, -0.05) is 35.9 Å². The lowest BCUT2D eigenvalue weighted by atomic mass is 9.71. The van der Waals surface area contributed by atoms with Crippen molar-refractivity contribution >= 4 is 29.0 Å². The number of aliphatic hydroxyl groups is 1. The molecule has 1 heterocycles. The Kier molecular flexibility index (Phi) is 3.08. The van der Waals surface area contributed by atoms with Gasteiger partial charge in [-0.3, -0.25) is 9.59 Å². The Morgan fingerprint density at radius 3 is 2.78 bits per heavy atom. The van der Waals surface area contributed by atoms with Crippen LogP contribution in [0.5, 0.6) is 0 Å². The Morgan fingerprint density at radius 1 is 1.17 bits per heavy atom. The Morgan fingerprint density at radius 2 is 1.96 bits per heavy atom. The largest absolute Gasteiger partial charge is 0.375 e. The number of anilines is 1. The zero-order chi connectivity index (χ0) is 16.2. The van der Waals surface area contributed by atoms with E-state index in [1.54, 1.807) is 30.3 Å². The minimum atomic E-state index is -1.87. The van der Waals surface area contributed by atoms with Crippen LogP contribution in [0, 0.1) is 5.92 Å². The third-order valence-electron chi connectivity index (χ3n) is 4.79. The number of Topliss-reactive ketones (excluding diaryl/α,β-unsaturated/α-hetero) is 1. The normalized spacial score (nSPS) is 25.7. The van der Waals surface area contributed by atoms with E-state index in [0.717, 1.165) is 5.56 Å². The van der Waals surface area contributed by atoms with E-state index in [1.807, 2.05) is 12.1 Å². The number of rotatable bonds is 1. The molecule has 5 heteroatoms. The number of amides is 1. The van der Waals surface area contributed by atoms with E-state index in [2.05, 4.69) is 5.32 Å². The maximum atomic E-state index is 12.9. The zero-order valence-corrected chi connectivity index (χ0v) is 12.9. The highest BCUT2D eigenvalue weighted by atomic mass is 35.5. The fourth-order valence-electron chi connectivity index (χ4n) is 3.62. The predicted molar refractivity (Wildman–Crippen MR) is 86.6 cm³/mol. The van der Waals surface area contributed by atoms with E-state index in [9.17, 15) is 14.7 Å². The maximum absolute atomic E-state index is 12.9. The first-order valence-corrected chi connectivity index (χ1v) is 7.85. The summed E-state index contributed by atoms with van der Waals surface area (Å²) in [6.07, 6.45) is 1.07. The second-order valence-corrected chi connectivity index (χ2v) is 6.46. The lowest BCUT2D eigenvalue weighted by molar-refractivity contribution is -0.138. The fraction of sp³-hybridized carbons (Fsp3) is 0.222. The molecule has 2 aromatic carbocycles. The number of ketones is 1. The maximum Gasteiger partial charge on any atom is 0.261 e. The average Bonchev–Trinajstić information content (AvgIpc) is 2.80. The third-order valence-corrected chi connectivity index (χ3v) is 5.03. The molecule has 2 N–H and O–H groups in total. The van der Waals surface area contributed by atoms with Crippen LogP contribution in [0.1, 0.15) is 27.9 Å². The third kappa shape index (κ3) is 1.95. The molecular weight excluding hydrogens is 314 g/mol. The van der Waals surface area contributed by atoms with E-state index in [-0.39, 0.29) is 5.78 Å². The van der Waals surface area contributed by atoms with Gasteiger partial charge < -0.3 is 10.4 Å². The number of nitrogens with one attached hydrogen (secondary N) is 1. The molecule has 1 aliphatic carbocycles. The summed E-state index contributed by atoms with van der Waals surface area (Å²) >= 11 is 6.02. The number of carbonyl (C=O) groups excluding carboxylic acids is 2. The molecule has 23 heavy (non-hydrogen) atoms. The van der Waals surface area contributed by atoms with Crippen LogP contribution in [0.25, 0.3) is 0 Å². The van der Waals surface area contributed by atoms with Gasteiger partial charge in [-0.05, 0) is 36.6 Å². The molecule has 0 spiro atoms. The fourth-order valence-corrected chi connectivity index (χ4v) is 3.79. The number of benzene rings is 2. The zero-order valence-electron chi connectivity index (χ0n) is 12.2. The van der Waals surface area contributed by atoms with Crippen molar-refractivity contribution in [3.63, 3.8) is 0 Å². The molecule has 0 bridgehead atoms. The van der Waals surface area contributed by atoms with Gasteiger partial charge >= 0.3 is 0 Å². The highest BCUT2D eigenvalue weighted by Gasteiger charge is 2.54. The molecule has 1 aliphatic heterocycles. The number of carbonyl (C=O) groups is 2. The quantitative estimate of drug-likeness (QED) is 0.846. The SMILES string of the molecule is O=C1c2ccccc2CC[C@H]1[C@@]1(O)C(=O)Nc2ccc(Cl)cc21. The van der Waals surface area contributed by atoms with Gasteiger partial charge in [0.05, 0.1) is 5.92 Å². The van der Waals surface area contributed by atoms with Crippen molar-refractivity contribution in [1.29, 1.82) is 0 Å². The highest BCUT2D eigenvalue weighted by molar-refractivity contribution is 6.31. The first-order chi connectivity index (χ1) is 11.0. The molecule has 1 amide bonds. The average molecular weight is 328 g/mol. The molecule has 0 fully saturated rings. The molecule has 0 unspecified atom stereocenters. The lowest BCUT2D eigenvalue weighted by Gasteiger charge is -2.33. The van der Waals surface area contributed by atoms with Crippen molar-refractivity contribution < 1.29 is 14.7 Å². The molecular formula is C18H14ClNO3. The Labute approximate surface area is 138 Å². The van der Waals surface area contributed by atoms with Gasteiger partial charge in [0, 0.05) is 21.8 Å². The van der Waals surface area contributed by atoms with Crippen molar-refractivity contribution in [2.75, 3.05) is 5.32 Å². The first kappa shape index (κ1) is 14.4. The monoisotopic (exact) mass is 327 g/mol. The summed E-state index contributed by atoms with van der Waals surface area (Å²) in [4.78, 5) is 25.3. The summed E-state index contributed by atoms with van der Waals surface area (Å²) in [6.45, 7) is 0. The molecule has 2 atom stereocenters. The summed E-state index contributed by atoms with van der Waals surface area (Å²) in [6, 6.07) is 12.2. The van der Waals surface area contributed by atoms with E-state index in [1.165, 1.54) is 0 Å². The van der Waals surface area contributed by atoms with Crippen LogP contribution in [-0.2, 0) is 16.8 Å². The van der Waals surface area contributed by atoms with Gasteiger partial charge in [0.25, 0.3) is 5.91 Å². The van der Waals surface area contributed by atoms with E-state index >= 15 is 0 Å². The molecule has 2 aromatic rings. The van der Waals surface area contributed by atoms with Crippen molar-refractivity contribution in [1.82, 2.24) is 0 Å². The predicted octanol–water partition coefficient (Wildman–Crippen LogP) is 2.93. The van der Waals surface area contributed by atoms with Crippen LogP contribution in [0.2, 0.25) is 5.02 Å². The summed E-state index contributed by atoms with van der Waals surface area (Å²) in [5.74, 6) is -1.57. The number of halogens is 1. The van der Waals surface area contributed by atoms with Gasteiger partial charge in [0.15, 0.2) is 11.4 Å². The molecule has 0 radical (unpaired) electrons. The molecule has 0 saturated heterocycles. The van der Waals surface area contributed by atoms with Gasteiger partial charge in [0.2, 0.25) is 0 Å². The van der Waals surface area contributed by atoms with Crippen LogP contribution in [0.3, 0.4) is 0 Å². The van der Waals surface area contributed by atoms with Crippen LogP contribution in [0.4, 0.5) is 5.69 Å². The van der Waals surface area contributed by atoms with Gasteiger partial charge in [-0.15, -0.1) is 0 Å². The minimum absolute atomic E-state index is 0.197. The minimum Gasteiger partial charge on any atom is -0.375 e. The smallest absolute Gasteiger partial charge is 0.261 e. The first-order valence-electron chi connectivity index (χ1n) is 7.48. The number of hydrogen-bond donors (Lipinski definition) is 2. The summed E-state index contributed by atoms with van der Waals surface area (Å²) in [7, 11) is 0. The lowest BCUT2D eigenvalue weighted by Crippen LogP contribution is -2.47. The standard InChI is InChI=1S/C18H14ClNO3/c19-11-6-8-15-14(9-11)18(23,17(22)20-15)13-7-5-10-3-1-2-4-12(10)16(13)21/h1-4,6,8-9,13,23H,5,7H2,(H,20,22)/t13-,18+/m1/s1. The Balaban J connectivity index is 1.84. The van der Waals surface area contributed by atoms with E-state index in [4.69, 9.17) is 11.6 Å². The van der Waals surface area contributed by atoms with Crippen LogP contribution in [0.15, 0.2) is 42.5 Å². The molecule has 0 saturated carbocycles. The van der Waals surface area contributed by atoms with E-state index in [0.29, 0.717) is 34.7 Å². The highest BCUT2D eigenvalue weighted by Crippen LogP contribution is 2.46. The van der Waals surface area contributed by atoms with Gasteiger partial charge in [0.1, 0.15) is 0 Å². The van der Waals surface area contributed by atoms with Crippen molar-refractivity contribution in [3.05, 3.63) is 64.2 Å². The molecule has 4 rings (SSSR count). The summed E-state index contributed by atoms with van der Waals surface area (Å²) < 4.78 is 0. The molecule has 2 aliphatic rings. The molecule has 116 valence electrons. The summed E-state index contributed by atoms with van der Waals surface area (Å²) in [5, 5.41) is 14.2.